The van der Waals surface area contributed by atoms with Crippen LogP contribution >= 0.6 is 0 Å². The van der Waals surface area contributed by atoms with Crippen molar-refractivity contribution in [3.8, 4) is 0 Å². The molecule has 1 aliphatic rings. The van der Waals surface area contributed by atoms with E-state index < -0.39 is 0 Å². The van der Waals surface area contributed by atoms with Crippen LogP contribution in [0.3, 0.4) is 0 Å². The third kappa shape index (κ3) is 3.14. The number of hydrogen-bond donors (Lipinski definition) is 1. The highest BCUT2D eigenvalue weighted by molar-refractivity contribution is 5.56. The molecule has 0 aromatic heterocycles. The van der Waals surface area contributed by atoms with E-state index in [4.69, 9.17) is 5.73 Å². The number of nitrogens with two attached hydrogens (primary N) is 1. The summed E-state index contributed by atoms with van der Waals surface area (Å²) in [6.07, 6.45) is 6.09. The van der Waals surface area contributed by atoms with Gasteiger partial charge in [-0.2, -0.15) is 0 Å². The van der Waals surface area contributed by atoms with Gasteiger partial charge in [0.2, 0.25) is 0 Å². The number of para-hydroxylation sites is 1. The van der Waals surface area contributed by atoms with Crippen molar-refractivity contribution >= 4 is 5.69 Å². The first-order valence-corrected chi connectivity index (χ1v) is 7.81. The van der Waals surface area contributed by atoms with Crippen LogP contribution in [-0.4, -0.2) is 13.1 Å². The summed E-state index contributed by atoms with van der Waals surface area (Å²) in [6.45, 7) is 4.18. The van der Waals surface area contributed by atoms with Gasteiger partial charge >= 0.3 is 0 Å². The normalized spacial score (nSPS) is 24.4. The molecule has 0 radical (unpaired) electrons. The number of benzene rings is 1. The van der Waals surface area contributed by atoms with Crippen LogP contribution in [0.5, 0.6) is 0 Å². The molecule has 0 unspecified atom stereocenters. The summed E-state index contributed by atoms with van der Waals surface area (Å²) in [5, 5.41) is 0. The predicted molar refractivity (Wildman–Crippen MR) is 83.4 cm³/mol. The second-order valence-corrected chi connectivity index (χ2v) is 6.16. The number of rotatable bonds is 4. The predicted octanol–water partition coefficient (Wildman–Crippen LogP) is 4.25. The van der Waals surface area contributed by atoms with Gasteiger partial charge in [0.1, 0.15) is 5.82 Å². The Morgan fingerprint density at radius 2 is 1.95 bits per heavy atom. The van der Waals surface area contributed by atoms with E-state index in [1.165, 1.54) is 25.3 Å². The lowest BCUT2D eigenvalue weighted by Crippen LogP contribution is -2.36. The Balaban J connectivity index is 2.19. The third-order valence-electron chi connectivity index (χ3n) is 4.80. The lowest BCUT2D eigenvalue weighted by atomic mass is 9.83. The van der Waals surface area contributed by atoms with E-state index in [0.717, 1.165) is 24.3 Å². The summed E-state index contributed by atoms with van der Waals surface area (Å²) in [7, 11) is 2.02. The van der Waals surface area contributed by atoms with Crippen molar-refractivity contribution in [2.45, 2.75) is 58.0 Å². The molecule has 2 nitrogen and oxygen atoms in total. The monoisotopic (exact) mass is 278 g/mol. The lowest BCUT2D eigenvalue weighted by Gasteiger charge is -2.37. The highest BCUT2D eigenvalue weighted by Crippen LogP contribution is 2.35. The van der Waals surface area contributed by atoms with Crippen LogP contribution in [0.15, 0.2) is 18.2 Å². The minimum atomic E-state index is -0.153. The van der Waals surface area contributed by atoms with Gasteiger partial charge in [-0.3, -0.25) is 0 Å². The first-order chi connectivity index (χ1) is 9.54. The van der Waals surface area contributed by atoms with Crippen molar-refractivity contribution in [1.82, 2.24) is 0 Å². The molecule has 112 valence electrons. The highest BCUT2D eigenvalue weighted by atomic mass is 19.1. The average molecular weight is 278 g/mol. The first-order valence-electron chi connectivity index (χ1n) is 7.81. The fourth-order valence-corrected chi connectivity index (χ4v) is 3.39. The van der Waals surface area contributed by atoms with Gasteiger partial charge in [-0.15, -0.1) is 0 Å². The van der Waals surface area contributed by atoms with Crippen molar-refractivity contribution in [2.75, 3.05) is 11.9 Å². The Morgan fingerprint density at radius 1 is 1.30 bits per heavy atom. The summed E-state index contributed by atoms with van der Waals surface area (Å²) in [5.74, 6) is 0.702. The van der Waals surface area contributed by atoms with Gasteiger partial charge < -0.3 is 10.6 Å². The molecular weight excluding hydrogens is 251 g/mol. The molecule has 1 fully saturated rings. The van der Waals surface area contributed by atoms with Crippen LogP contribution in [0.4, 0.5) is 10.1 Å². The zero-order valence-corrected chi connectivity index (χ0v) is 12.9. The maximum atomic E-state index is 14.3. The van der Waals surface area contributed by atoms with Crippen LogP contribution in [0.25, 0.3) is 0 Å². The van der Waals surface area contributed by atoms with Crippen molar-refractivity contribution in [3.05, 3.63) is 29.6 Å². The largest absolute Gasteiger partial charge is 0.369 e. The van der Waals surface area contributed by atoms with E-state index in [-0.39, 0.29) is 11.9 Å². The van der Waals surface area contributed by atoms with Crippen LogP contribution in [-0.2, 0) is 0 Å². The Morgan fingerprint density at radius 3 is 2.50 bits per heavy atom. The molecule has 0 bridgehead atoms. The lowest BCUT2D eigenvalue weighted by molar-refractivity contribution is 0.312. The fraction of sp³-hybridized carbons (Fsp3) is 0.647. The maximum Gasteiger partial charge on any atom is 0.146 e. The quantitative estimate of drug-likeness (QED) is 0.892. The Kier molecular flexibility index (Phi) is 5.03. The number of hydrogen-bond acceptors (Lipinski definition) is 2. The second-order valence-electron chi connectivity index (χ2n) is 6.16. The van der Waals surface area contributed by atoms with Crippen molar-refractivity contribution < 1.29 is 4.39 Å². The molecule has 1 aliphatic carbocycles. The molecule has 1 aromatic carbocycles. The summed E-state index contributed by atoms with van der Waals surface area (Å²) < 4.78 is 14.3. The van der Waals surface area contributed by atoms with E-state index in [9.17, 15) is 4.39 Å². The topological polar surface area (TPSA) is 29.3 Å². The van der Waals surface area contributed by atoms with Gasteiger partial charge in [0.15, 0.2) is 0 Å². The van der Waals surface area contributed by atoms with E-state index in [1.807, 2.05) is 20.0 Å². The average Bonchev–Trinajstić information content (AvgIpc) is 2.46. The van der Waals surface area contributed by atoms with E-state index >= 15 is 0 Å². The zero-order chi connectivity index (χ0) is 14.7. The van der Waals surface area contributed by atoms with Crippen LogP contribution < -0.4 is 10.6 Å². The standard InChI is InChI=1S/C17H27FN2/c1-4-13-8-10-14(11-9-13)20(3)17-15(12(2)19)6-5-7-16(17)18/h5-7,12-14H,4,8-11,19H2,1-3H3/t12-,13?,14?/m0/s1. The van der Waals surface area contributed by atoms with Gasteiger partial charge in [-0.25, -0.2) is 4.39 Å². The summed E-state index contributed by atoms with van der Waals surface area (Å²) >= 11 is 0. The summed E-state index contributed by atoms with van der Waals surface area (Å²) in [4.78, 5) is 2.12. The molecule has 1 atom stereocenters. The SMILES string of the molecule is CCC1CCC(N(C)c2c(F)cccc2[C@H](C)N)CC1. The Labute approximate surface area is 122 Å². The number of anilines is 1. The second kappa shape index (κ2) is 6.57. The van der Waals surface area contributed by atoms with Gasteiger partial charge in [-0.1, -0.05) is 25.5 Å². The third-order valence-corrected chi connectivity index (χ3v) is 4.80. The molecule has 3 heteroatoms. The fourth-order valence-electron chi connectivity index (χ4n) is 3.39. The molecule has 0 aliphatic heterocycles. The van der Waals surface area contributed by atoms with E-state index in [1.54, 1.807) is 6.07 Å². The molecular formula is C17H27FN2. The minimum Gasteiger partial charge on any atom is -0.369 e. The van der Waals surface area contributed by atoms with Crippen LogP contribution in [0.2, 0.25) is 0 Å². The highest BCUT2D eigenvalue weighted by Gasteiger charge is 2.26. The van der Waals surface area contributed by atoms with E-state index in [2.05, 4.69) is 11.8 Å². The number of nitrogens with zero attached hydrogens (tertiary/aromatic N) is 1. The smallest absolute Gasteiger partial charge is 0.146 e. The first kappa shape index (κ1) is 15.3. The zero-order valence-electron chi connectivity index (χ0n) is 12.9. The molecule has 20 heavy (non-hydrogen) atoms. The van der Waals surface area contributed by atoms with Crippen LogP contribution in [0.1, 0.15) is 57.6 Å². The van der Waals surface area contributed by atoms with Gasteiger partial charge in [0, 0.05) is 19.1 Å². The molecule has 0 saturated heterocycles. The molecule has 2 N–H and O–H groups in total. The minimum absolute atomic E-state index is 0.143. The van der Waals surface area contributed by atoms with Crippen molar-refractivity contribution in [3.63, 3.8) is 0 Å². The molecule has 1 aromatic rings. The number of halogens is 1. The molecule has 1 saturated carbocycles. The van der Waals surface area contributed by atoms with Crippen LogP contribution in [0, 0.1) is 11.7 Å². The molecule has 0 heterocycles. The molecule has 0 amide bonds. The summed E-state index contributed by atoms with van der Waals surface area (Å²) in [5.41, 5.74) is 7.61. The van der Waals surface area contributed by atoms with Gasteiger partial charge in [0.05, 0.1) is 5.69 Å². The van der Waals surface area contributed by atoms with E-state index in [0.29, 0.717) is 11.7 Å². The Bertz CT molecular complexity index is 437. The van der Waals surface area contributed by atoms with Gasteiger partial charge in [-0.05, 0) is 50.2 Å². The Hall–Kier alpha value is -1.09. The van der Waals surface area contributed by atoms with Gasteiger partial charge in [0.25, 0.3) is 0 Å². The molecule has 0 spiro atoms. The maximum absolute atomic E-state index is 14.3. The van der Waals surface area contributed by atoms with Crippen molar-refractivity contribution in [2.24, 2.45) is 11.7 Å². The summed E-state index contributed by atoms with van der Waals surface area (Å²) in [6, 6.07) is 5.52. The molecule has 2 rings (SSSR count). The van der Waals surface area contributed by atoms with Crippen molar-refractivity contribution in [1.29, 1.82) is 0 Å².